The van der Waals surface area contributed by atoms with Crippen LogP contribution in [0.2, 0.25) is 5.02 Å². The van der Waals surface area contributed by atoms with E-state index in [0.29, 0.717) is 27.7 Å². The molecule has 0 aliphatic rings. The number of carbonyl (C=O) groups is 1. The maximum Gasteiger partial charge on any atom is 0.259 e. The van der Waals surface area contributed by atoms with Gasteiger partial charge in [-0.25, -0.2) is 0 Å². The second kappa shape index (κ2) is 6.15. The van der Waals surface area contributed by atoms with E-state index < -0.39 is 0 Å². The highest BCUT2D eigenvalue weighted by atomic mass is 79.9. The molecule has 0 saturated carbocycles. The Morgan fingerprint density at radius 1 is 1.30 bits per heavy atom. The van der Waals surface area contributed by atoms with E-state index in [1.165, 1.54) is 7.11 Å². The minimum absolute atomic E-state index is 0.335. The highest BCUT2D eigenvalue weighted by Gasteiger charge is 2.14. The zero-order valence-electron chi connectivity index (χ0n) is 10.6. The van der Waals surface area contributed by atoms with E-state index >= 15 is 0 Å². The molecule has 0 aromatic heterocycles. The van der Waals surface area contributed by atoms with E-state index in [1.54, 1.807) is 36.4 Å². The summed E-state index contributed by atoms with van der Waals surface area (Å²) < 4.78 is 5.99. The Balaban J connectivity index is 2.30. The van der Waals surface area contributed by atoms with E-state index in [0.717, 1.165) is 4.47 Å². The Morgan fingerprint density at radius 2 is 2.05 bits per heavy atom. The molecular weight excluding hydrogens is 344 g/mol. The van der Waals surface area contributed by atoms with E-state index in [1.807, 2.05) is 0 Å². The third-order valence-electron chi connectivity index (χ3n) is 2.65. The zero-order valence-corrected chi connectivity index (χ0v) is 13.0. The minimum Gasteiger partial charge on any atom is -0.496 e. The average molecular weight is 356 g/mol. The largest absolute Gasteiger partial charge is 0.496 e. The number of anilines is 2. The monoisotopic (exact) mass is 354 g/mol. The first kappa shape index (κ1) is 14.7. The van der Waals surface area contributed by atoms with Crippen molar-refractivity contribution in [3.8, 4) is 5.75 Å². The molecule has 104 valence electrons. The minimum atomic E-state index is -0.335. The molecule has 0 radical (unpaired) electrons. The first-order chi connectivity index (χ1) is 9.51. The molecule has 1 amide bonds. The molecule has 0 unspecified atom stereocenters. The number of nitrogens with two attached hydrogens (primary N) is 1. The number of rotatable bonds is 3. The molecule has 0 aliphatic carbocycles. The van der Waals surface area contributed by atoms with Crippen molar-refractivity contribution < 1.29 is 9.53 Å². The van der Waals surface area contributed by atoms with Gasteiger partial charge in [0.2, 0.25) is 0 Å². The summed E-state index contributed by atoms with van der Waals surface area (Å²) in [4.78, 5) is 12.3. The van der Waals surface area contributed by atoms with Crippen LogP contribution in [0.15, 0.2) is 40.9 Å². The second-order valence-electron chi connectivity index (χ2n) is 4.04. The van der Waals surface area contributed by atoms with Gasteiger partial charge >= 0.3 is 0 Å². The summed E-state index contributed by atoms with van der Waals surface area (Å²) in [5.41, 5.74) is 7.05. The van der Waals surface area contributed by atoms with Crippen molar-refractivity contribution in [2.24, 2.45) is 0 Å². The van der Waals surface area contributed by atoms with Gasteiger partial charge in [0.1, 0.15) is 5.75 Å². The van der Waals surface area contributed by atoms with Crippen molar-refractivity contribution in [2.75, 3.05) is 18.2 Å². The molecule has 2 aromatic rings. The summed E-state index contributed by atoms with van der Waals surface area (Å²) in [6, 6.07) is 10.1. The summed E-state index contributed by atoms with van der Waals surface area (Å²) in [5, 5.41) is 3.17. The predicted molar refractivity (Wildman–Crippen MR) is 84.5 cm³/mol. The van der Waals surface area contributed by atoms with Crippen LogP contribution in [-0.2, 0) is 0 Å². The van der Waals surface area contributed by atoms with E-state index in [4.69, 9.17) is 22.1 Å². The Kier molecular flexibility index (Phi) is 4.52. The van der Waals surface area contributed by atoms with Gasteiger partial charge < -0.3 is 15.8 Å². The van der Waals surface area contributed by atoms with Crippen LogP contribution in [0.5, 0.6) is 5.75 Å². The summed E-state index contributed by atoms with van der Waals surface area (Å²) in [6.07, 6.45) is 0. The smallest absolute Gasteiger partial charge is 0.259 e. The Morgan fingerprint density at radius 3 is 2.70 bits per heavy atom. The number of benzene rings is 2. The fraction of sp³-hybridized carbons (Fsp3) is 0.0714. The molecule has 0 bridgehead atoms. The maximum atomic E-state index is 12.3. The molecular formula is C14H12BrClN2O2. The van der Waals surface area contributed by atoms with Gasteiger partial charge in [-0.3, -0.25) is 4.79 Å². The van der Waals surface area contributed by atoms with Crippen LogP contribution in [0, 0.1) is 0 Å². The number of ether oxygens (including phenoxy) is 1. The number of carbonyl (C=O) groups excluding carboxylic acids is 1. The number of hydrogen-bond acceptors (Lipinski definition) is 3. The van der Waals surface area contributed by atoms with Gasteiger partial charge in [0.05, 0.1) is 23.4 Å². The Hall–Kier alpha value is -1.72. The molecule has 0 spiro atoms. The molecule has 20 heavy (non-hydrogen) atoms. The predicted octanol–water partition coefficient (Wildman–Crippen LogP) is 3.95. The van der Waals surface area contributed by atoms with Gasteiger partial charge in [-0.05, 0) is 36.4 Å². The lowest BCUT2D eigenvalue weighted by Crippen LogP contribution is -2.14. The molecule has 0 aliphatic heterocycles. The van der Waals surface area contributed by atoms with Crippen LogP contribution in [0.1, 0.15) is 10.4 Å². The van der Waals surface area contributed by atoms with Crippen molar-refractivity contribution in [3.05, 3.63) is 51.5 Å². The van der Waals surface area contributed by atoms with Gasteiger partial charge in [-0.2, -0.15) is 0 Å². The quantitative estimate of drug-likeness (QED) is 0.820. The third-order valence-corrected chi connectivity index (χ3v) is 3.45. The van der Waals surface area contributed by atoms with Crippen molar-refractivity contribution in [1.29, 1.82) is 0 Å². The summed E-state index contributed by atoms with van der Waals surface area (Å²) in [6.45, 7) is 0. The van der Waals surface area contributed by atoms with Crippen LogP contribution < -0.4 is 15.8 Å². The number of halogens is 2. The van der Waals surface area contributed by atoms with Crippen molar-refractivity contribution in [3.63, 3.8) is 0 Å². The Bertz CT molecular complexity index is 662. The Labute approximate surface area is 130 Å². The fourth-order valence-electron chi connectivity index (χ4n) is 1.68. The molecule has 4 nitrogen and oxygen atoms in total. The molecule has 0 saturated heterocycles. The van der Waals surface area contributed by atoms with Crippen molar-refractivity contribution in [2.45, 2.75) is 0 Å². The molecule has 3 N–H and O–H groups in total. The highest BCUT2D eigenvalue weighted by Crippen LogP contribution is 2.27. The lowest BCUT2D eigenvalue weighted by Gasteiger charge is -2.11. The standard InChI is InChI=1S/C14H12BrClN2O2/c1-20-13-5-3-9(17)7-10(13)14(19)18-12-4-2-8(15)6-11(12)16/h2-7H,17H2,1H3,(H,18,19). The summed E-state index contributed by atoms with van der Waals surface area (Å²) in [5.74, 6) is 0.114. The number of nitrogen functional groups attached to an aromatic ring is 1. The van der Waals surface area contributed by atoms with Crippen LogP contribution in [0.4, 0.5) is 11.4 Å². The van der Waals surface area contributed by atoms with Gasteiger partial charge in [0.25, 0.3) is 5.91 Å². The lowest BCUT2D eigenvalue weighted by molar-refractivity contribution is 0.102. The first-order valence-electron chi connectivity index (χ1n) is 5.71. The third kappa shape index (κ3) is 3.23. The molecule has 2 aromatic carbocycles. The van der Waals surface area contributed by atoms with Crippen LogP contribution in [0.25, 0.3) is 0 Å². The van der Waals surface area contributed by atoms with E-state index in [-0.39, 0.29) is 5.91 Å². The van der Waals surface area contributed by atoms with Gasteiger partial charge in [-0.15, -0.1) is 0 Å². The SMILES string of the molecule is COc1ccc(N)cc1C(=O)Nc1ccc(Br)cc1Cl. The normalized spacial score (nSPS) is 10.2. The summed E-state index contributed by atoms with van der Waals surface area (Å²) in [7, 11) is 1.49. The molecule has 2 rings (SSSR count). The second-order valence-corrected chi connectivity index (χ2v) is 5.36. The number of methoxy groups -OCH3 is 1. The molecule has 0 fully saturated rings. The highest BCUT2D eigenvalue weighted by molar-refractivity contribution is 9.10. The molecule has 0 heterocycles. The van der Waals surface area contributed by atoms with E-state index in [9.17, 15) is 4.79 Å². The van der Waals surface area contributed by atoms with Crippen LogP contribution >= 0.6 is 27.5 Å². The number of nitrogens with one attached hydrogen (secondary N) is 1. The van der Waals surface area contributed by atoms with Gasteiger partial charge in [0, 0.05) is 10.2 Å². The molecule has 0 atom stereocenters. The maximum absolute atomic E-state index is 12.3. The van der Waals surface area contributed by atoms with Gasteiger partial charge in [0.15, 0.2) is 0 Å². The zero-order chi connectivity index (χ0) is 14.7. The van der Waals surface area contributed by atoms with Crippen LogP contribution in [0.3, 0.4) is 0 Å². The number of hydrogen-bond donors (Lipinski definition) is 2. The topological polar surface area (TPSA) is 64.3 Å². The first-order valence-corrected chi connectivity index (χ1v) is 6.88. The van der Waals surface area contributed by atoms with Gasteiger partial charge in [-0.1, -0.05) is 27.5 Å². The average Bonchev–Trinajstić information content (AvgIpc) is 2.41. The van der Waals surface area contributed by atoms with Crippen molar-refractivity contribution in [1.82, 2.24) is 0 Å². The summed E-state index contributed by atoms with van der Waals surface area (Å²) >= 11 is 9.37. The number of amides is 1. The lowest BCUT2D eigenvalue weighted by atomic mass is 10.1. The van der Waals surface area contributed by atoms with Crippen LogP contribution in [-0.4, -0.2) is 13.0 Å². The van der Waals surface area contributed by atoms with Crippen molar-refractivity contribution >= 4 is 44.8 Å². The molecule has 6 heteroatoms. The van der Waals surface area contributed by atoms with E-state index in [2.05, 4.69) is 21.2 Å². The fourth-order valence-corrected chi connectivity index (χ4v) is 2.40.